The van der Waals surface area contributed by atoms with Gasteiger partial charge in [0, 0.05) is 7.05 Å². The van der Waals surface area contributed by atoms with E-state index in [4.69, 9.17) is 25.2 Å². The smallest absolute Gasteiger partial charge is 0.261 e. The zero-order valence-corrected chi connectivity index (χ0v) is 13.0. The number of nitrogens with zero attached hydrogens (tertiary/aromatic N) is 1. The van der Waals surface area contributed by atoms with Crippen LogP contribution < -0.4 is 25.3 Å². The summed E-state index contributed by atoms with van der Waals surface area (Å²) < 4.78 is 15.7. The van der Waals surface area contributed by atoms with Crippen molar-refractivity contribution in [3.05, 3.63) is 23.3 Å². The Hall–Kier alpha value is -3.21. The minimum atomic E-state index is -0.649. The molecule has 0 heterocycles. The SMILES string of the molecule is CNC(=O)/C(C#N)=C/c1cc(OC)c(OCC(N)=O)c(OC)c1. The Kier molecular flexibility index (Phi) is 6.43. The van der Waals surface area contributed by atoms with E-state index >= 15 is 0 Å². The number of rotatable bonds is 7. The third-order valence-corrected chi connectivity index (χ3v) is 2.74. The number of ether oxygens (including phenoxy) is 3. The van der Waals surface area contributed by atoms with Crippen LogP contribution in [0.25, 0.3) is 6.08 Å². The van der Waals surface area contributed by atoms with Crippen LogP contribution in [-0.2, 0) is 9.59 Å². The molecule has 1 rings (SSSR count). The average Bonchev–Trinajstić information content (AvgIpc) is 2.56. The largest absolute Gasteiger partial charge is 0.493 e. The van der Waals surface area contributed by atoms with Crippen LogP contribution in [0, 0.1) is 11.3 Å². The van der Waals surface area contributed by atoms with Gasteiger partial charge in [-0.1, -0.05) is 0 Å². The Morgan fingerprint density at radius 2 is 1.87 bits per heavy atom. The minimum Gasteiger partial charge on any atom is -0.493 e. The van der Waals surface area contributed by atoms with Gasteiger partial charge in [0.25, 0.3) is 11.8 Å². The number of methoxy groups -OCH3 is 2. The van der Waals surface area contributed by atoms with Gasteiger partial charge in [-0.2, -0.15) is 5.26 Å². The Morgan fingerprint density at radius 1 is 1.30 bits per heavy atom. The van der Waals surface area contributed by atoms with E-state index in [9.17, 15) is 9.59 Å². The molecular weight excluding hydrogens is 302 g/mol. The molecule has 0 fully saturated rings. The lowest BCUT2D eigenvalue weighted by Gasteiger charge is -2.14. The van der Waals surface area contributed by atoms with Crippen LogP contribution in [-0.4, -0.2) is 39.7 Å². The maximum absolute atomic E-state index is 11.6. The second-order valence-corrected chi connectivity index (χ2v) is 4.26. The highest BCUT2D eigenvalue weighted by atomic mass is 16.5. The van der Waals surface area contributed by atoms with Crippen LogP contribution in [0.5, 0.6) is 17.2 Å². The summed E-state index contributed by atoms with van der Waals surface area (Å²) in [5.74, 6) is -0.426. The van der Waals surface area contributed by atoms with Gasteiger partial charge in [-0.25, -0.2) is 0 Å². The summed E-state index contributed by atoms with van der Waals surface area (Å²) >= 11 is 0. The summed E-state index contributed by atoms with van der Waals surface area (Å²) in [6.45, 7) is -0.344. The number of likely N-dealkylation sites (N-methyl/N-ethyl adjacent to an activating group) is 1. The number of nitriles is 1. The lowest BCUT2D eigenvalue weighted by molar-refractivity contribution is -0.120. The van der Waals surface area contributed by atoms with E-state index < -0.39 is 11.8 Å². The van der Waals surface area contributed by atoms with Crippen LogP contribution in [0.2, 0.25) is 0 Å². The van der Waals surface area contributed by atoms with E-state index in [1.54, 1.807) is 18.2 Å². The van der Waals surface area contributed by atoms with Gasteiger partial charge in [0.1, 0.15) is 11.6 Å². The molecule has 0 atom stereocenters. The normalized spacial score (nSPS) is 10.4. The van der Waals surface area contributed by atoms with Crippen molar-refractivity contribution in [2.75, 3.05) is 27.9 Å². The molecule has 2 amide bonds. The number of hydrogen-bond donors (Lipinski definition) is 2. The summed E-state index contributed by atoms with van der Waals surface area (Å²) in [6, 6.07) is 4.89. The fourth-order valence-corrected chi connectivity index (χ4v) is 1.72. The fraction of sp³-hybridized carbons (Fsp3) is 0.267. The molecule has 3 N–H and O–H groups in total. The summed E-state index contributed by atoms with van der Waals surface area (Å²) in [7, 11) is 4.24. The molecule has 8 heteroatoms. The van der Waals surface area contributed by atoms with E-state index in [0.717, 1.165) is 0 Å². The first kappa shape index (κ1) is 17.8. The Balaban J connectivity index is 3.33. The Morgan fingerprint density at radius 3 is 2.26 bits per heavy atom. The van der Waals surface area contributed by atoms with Crippen molar-refractivity contribution in [1.29, 1.82) is 5.26 Å². The van der Waals surface area contributed by atoms with Crippen LogP contribution in [0.3, 0.4) is 0 Å². The van der Waals surface area contributed by atoms with Gasteiger partial charge in [-0.15, -0.1) is 0 Å². The van der Waals surface area contributed by atoms with Crippen molar-refractivity contribution in [2.24, 2.45) is 5.73 Å². The summed E-state index contributed by atoms with van der Waals surface area (Å²) in [5, 5.41) is 11.4. The number of carbonyl (C=O) groups excluding carboxylic acids is 2. The molecule has 0 bridgehead atoms. The highest BCUT2D eigenvalue weighted by Gasteiger charge is 2.16. The molecule has 1 aromatic rings. The summed E-state index contributed by atoms with van der Waals surface area (Å²) in [4.78, 5) is 22.4. The van der Waals surface area contributed by atoms with Gasteiger partial charge in [-0.3, -0.25) is 9.59 Å². The van der Waals surface area contributed by atoms with Crippen molar-refractivity contribution in [3.63, 3.8) is 0 Å². The zero-order chi connectivity index (χ0) is 17.4. The quantitative estimate of drug-likeness (QED) is 0.547. The van der Waals surface area contributed by atoms with E-state index in [0.29, 0.717) is 5.56 Å². The van der Waals surface area contributed by atoms with Crippen LogP contribution in [0.15, 0.2) is 17.7 Å². The molecule has 0 aliphatic rings. The monoisotopic (exact) mass is 319 g/mol. The molecular formula is C15H17N3O5. The van der Waals surface area contributed by atoms with Crippen LogP contribution in [0.4, 0.5) is 0 Å². The maximum Gasteiger partial charge on any atom is 0.261 e. The molecule has 0 radical (unpaired) electrons. The Bertz CT molecular complexity index is 651. The first-order valence-corrected chi connectivity index (χ1v) is 6.47. The molecule has 0 aliphatic carbocycles. The predicted molar refractivity (Wildman–Crippen MR) is 81.9 cm³/mol. The van der Waals surface area contributed by atoms with Crippen molar-refractivity contribution in [1.82, 2.24) is 5.32 Å². The number of primary amides is 1. The highest BCUT2D eigenvalue weighted by molar-refractivity contribution is 6.01. The van der Waals surface area contributed by atoms with Gasteiger partial charge >= 0.3 is 0 Å². The molecule has 0 saturated carbocycles. The van der Waals surface area contributed by atoms with Gasteiger partial charge in [0.05, 0.1) is 14.2 Å². The molecule has 23 heavy (non-hydrogen) atoms. The van der Waals surface area contributed by atoms with E-state index in [1.165, 1.54) is 27.3 Å². The van der Waals surface area contributed by atoms with Gasteiger partial charge < -0.3 is 25.3 Å². The fourth-order valence-electron chi connectivity index (χ4n) is 1.72. The molecule has 1 aromatic carbocycles. The van der Waals surface area contributed by atoms with Gasteiger partial charge in [-0.05, 0) is 23.8 Å². The first-order valence-electron chi connectivity index (χ1n) is 6.47. The van der Waals surface area contributed by atoms with Gasteiger partial charge in [0.2, 0.25) is 5.75 Å². The van der Waals surface area contributed by atoms with Gasteiger partial charge in [0.15, 0.2) is 18.1 Å². The van der Waals surface area contributed by atoms with E-state index in [1.807, 2.05) is 0 Å². The number of amides is 2. The number of hydrogen-bond acceptors (Lipinski definition) is 6. The third kappa shape index (κ3) is 4.64. The molecule has 0 aliphatic heterocycles. The topological polar surface area (TPSA) is 124 Å². The first-order chi connectivity index (χ1) is 11.0. The number of carbonyl (C=O) groups is 2. The van der Waals surface area contributed by atoms with Crippen molar-refractivity contribution in [3.8, 4) is 23.3 Å². The Labute approximate surface area is 133 Å². The summed E-state index contributed by atoms with van der Waals surface area (Å²) in [6.07, 6.45) is 1.38. The second-order valence-electron chi connectivity index (χ2n) is 4.26. The number of nitrogens with one attached hydrogen (secondary N) is 1. The van der Waals surface area contributed by atoms with E-state index in [2.05, 4.69) is 5.32 Å². The molecule has 0 aromatic heterocycles. The average molecular weight is 319 g/mol. The van der Waals surface area contributed by atoms with Crippen LogP contribution >= 0.6 is 0 Å². The summed E-state index contributed by atoms with van der Waals surface area (Å²) in [5.41, 5.74) is 5.46. The van der Waals surface area contributed by atoms with Crippen molar-refractivity contribution < 1.29 is 23.8 Å². The van der Waals surface area contributed by atoms with Crippen molar-refractivity contribution in [2.45, 2.75) is 0 Å². The standard InChI is InChI=1S/C15H17N3O5/c1-18-15(20)10(7-16)4-9-5-11(21-2)14(12(6-9)22-3)23-8-13(17)19/h4-6H,8H2,1-3H3,(H2,17,19)(H,18,20)/b10-4+. The third-order valence-electron chi connectivity index (χ3n) is 2.74. The maximum atomic E-state index is 11.6. The number of benzene rings is 1. The lowest BCUT2D eigenvalue weighted by Crippen LogP contribution is -2.20. The number of nitrogens with two attached hydrogens (primary N) is 1. The molecule has 122 valence electrons. The second kappa shape index (κ2) is 8.29. The molecule has 0 saturated heterocycles. The molecule has 0 spiro atoms. The molecule has 8 nitrogen and oxygen atoms in total. The van der Waals surface area contributed by atoms with Crippen molar-refractivity contribution >= 4 is 17.9 Å². The zero-order valence-electron chi connectivity index (χ0n) is 13.0. The predicted octanol–water partition coefficient (Wildman–Crippen LogP) is 0.221. The minimum absolute atomic E-state index is 0.0811. The highest BCUT2D eigenvalue weighted by Crippen LogP contribution is 2.39. The molecule has 0 unspecified atom stereocenters. The lowest BCUT2D eigenvalue weighted by atomic mass is 10.1. The van der Waals surface area contributed by atoms with Crippen LogP contribution in [0.1, 0.15) is 5.56 Å². The van der Waals surface area contributed by atoms with E-state index in [-0.39, 0.29) is 29.4 Å².